The van der Waals surface area contributed by atoms with Crippen molar-refractivity contribution in [3.8, 4) is 0 Å². The molecule has 0 N–H and O–H groups in total. The molecule has 1 rings (SSSR count). The quantitative estimate of drug-likeness (QED) is 0.691. The van der Waals surface area contributed by atoms with Gasteiger partial charge in [0.1, 0.15) is 0 Å². The summed E-state index contributed by atoms with van der Waals surface area (Å²) in [6.45, 7) is 0. The van der Waals surface area contributed by atoms with Crippen LogP contribution in [-0.2, 0) is 0 Å². The summed E-state index contributed by atoms with van der Waals surface area (Å²) >= 11 is -3.90. The molecule has 3 nitrogen and oxygen atoms in total. The van der Waals surface area contributed by atoms with Crippen molar-refractivity contribution >= 4 is 21.0 Å². The fraction of sp³-hybridized carbons (Fsp3) is 0. The van der Waals surface area contributed by atoms with Gasteiger partial charge in [-0.1, -0.05) is 0 Å². The van der Waals surface area contributed by atoms with E-state index in [0.717, 1.165) is 6.20 Å². The van der Waals surface area contributed by atoms with Crippen molar-refractivity contribution in [2.24, 2.45) is 0 Å². The van der Waals surface area contributed by atoms with Gasteiger partial charge in [0, 0.05) is 0 Å². The Morgan fingerprint density at radius 3 is 2.62 bits per heavy atom. The Bertz CT molecular complexity index is 153. The van der Waals surface area contributed by atoms with Crippen LogP contribution in [0.2, 0.25) is 0 Å². The van der Waals surface area contributed by atoms with E-state index in [4.69, 9.17) is 0 Å². The molecule has 46 valence electrons. The van der Waals surface area contributed by atoms with Gasteiger partial charge >= 0.3 is 51.5 Å². The monoisotopic (exact) mass is 234 g/mol. The fourth-order valence-electron chi connectivity index (χ4n) is 0.216. The molecular weight excluding hydrogens is 233 g/mol. The van der Waals surface area contributed by atoms with Gasteiger partial charge in [0.25, 0.3) is 0 Å². The normalized spacial score (nSPS) is 11.5. The van der Waals surface area contributed by atoms with E-state index in [0.29, 0.717) is 0 Å². The fourth-order valence-corrected chi connectivity index (χ4v) is 0.777. The van der Waals surface area contributed by atoms with Crippen LogP contribution < -0.4 is 0 Å². The molecule has 1 heterocycles. The topological polar surface area (TPSA) is 38.9 Å². The molecule has 8 heavy (non-hydrogen) atoms. The Kier molecular flexibility index (Phi) is 1.71. The third kappa shape index (κ3) is 1.11. The van der Waals surface area contributed by atoms with Gasteiger partial charge in [0.05, 0.1) is 0 Å². The molecule has 0 unspecified atom stereocenters. The summed E-state index contributed by atoms with van der Waals surface area (Å²) in [6.07, 6.45) is 0.949. The van der Waals surface area contributed by atoms with Crippen molar-refractivity contribution in [3.63, 3.8) is 0 Å². The summed E-state index contributed by atoms with van der Waals surface area (Å²) in [6, 6.07) is 0. The minimum atomic E-state index is -3.90. The summed E-state index contributed by atoms with van der Waals surface area (Å²) in [7, 11) is 0. The Morgan fingerprint density at radius 1 is 1.62 bits per heavy atom. The predicted octanol–water partition coefficient (Wildman–Crippen LogP) is 1.51. The minimum absolute atomic E-state index is 0.269. The Hall–Kier alpha value is -0.270. The Balaban J connectivity index is 2.77. The number of hydrogen-bond donors (Lipinski definition) is 0. The summed E-state index contributed by atoms with van der Waals surface area (Å²) < 4.78 is 26.9. The van der Waals surface area contributed by atoms with Crippen LogP contribution in [-0.4, -0.2) is 10.3 Å². The van der Waals surface area contributed by atoms with Gasteiger partial charge in [-0.25, -0.2) is 0 Å². The van der Waals surface area contributed by atoms with E-state index < -0.39 is 21.0 Å². The molecule has 6 heteroatoms. The van der Waals surface area contributed by atoms with Crippen LogP contribution in [0.15, 0.2) is 10.8 Å². The van der Waals surface area contributed by atoms with E-state index in [-0.39, 0.29) is 3.70 Å². The van der Waals surface area contributed by atoms with Gasteiger partial charge in [-0.15, -0.1) is 0 Å². The standard InChI is InChI=1S/C2HF2IN2O/c3-5(4)2-1-6-8-7-2/h1H. The summed E-state index contributed by atoms with van der Waals surface area (Å²) in [5.41, 5.74) is 0. The second kappa shape index (κ2) is 2.33. The van der Waals surface area contributed by atoms with Gasteiger partial charge in [-0.2, -0.15) is 0 Å². The molecule has 0 bridgehead atoms. The molecule has 0 aliphatic carbocycles. The summed E-state index contributed by atoms with van der Waals surface area (Å²) in [5, 5.41) is 5.97. The molecule has 0 spiro atoms. The zero-order valence-electron chi connectivity index (χ0n) is 3.51. The van der Waals surface area contributed by atoms with E-state index in [9.17, 15) is 5.72 Å². The zero-order chi connectivity index (χ0) is 5.98. The van der Waals surface area contributed by atoms with E-state index >= 15 is 0 Å². The molecule has 0 aliphatic heterocycles. The third-order valence-electron chi connectivity index (χ3n) is 0.481. The maximum absolute atomic E-state index is 11.6. The number of rotatable bonds is 1. The van der Waals surface area contributed by atoms with Crippen molar-refractivity contribution < 1.29 is 10.3 Å². The van der Waals surface area contributed by atoms with E-state index in [1.807, 2.05) is 0 Å². The van der Waals surface area contributed by atoms with Gasteiger partial charge in [-0.05, 0) is 0 Å². The molecule has 0 atom stereocenters. The number of hydrogen-bond acceptors (Lipinski definition) is 3. The van der Waals surface area contributed by atoms with Gasteiger partial charge in [0.2, 0.25) is 0 Å². The maximum atomic E-state index is 11.6. The van der Waals surface area contributed by atoms with E-state index in [2.05, 4.69) is 14.9 Å². The molecule has 0 fully saturated rings. The van der Waals surface area contributed by atoms with Crippen LogP contribution in [0, 0.1) is 3.70 Å². The van der Waals surface area contributed by atoms with Crippen LogP contribution in [0.1, 0.15) is 0 Å². The first-order valence-electron chi connectivity index (χ1n) is 1.61. The molecule has 0 aromatic carbocycles. The first kappa shape index (κ1) is 5.86. The van der Waals surface area contributed by atoms with E-state index in [1.165, 1.54) is 0 Å². The first-order valence-corrected chi connectivity index (χ1v) is 4.32. The van der Waals surface area contributed by atoms with Crippen molar-refractivity contribution in [1.82, 2.24) is 10.3 Å². The molecule has 0 saturated carbocycles. The Morgan fingerprint density at radius 2 is 2.38 bits per heavy atom. The van der Waals surface area contributed by atoms with Crippen molar-refractivity contribution in [2.45, 2.75) is 0 Å². The average molecular weight is 234 g/mol. The molecule has 0 radical (unpaired) electrons. The van der Waals surface area contributed by atoms with Gasteiger partial charge in [0.15, 0.2) is 0 Å². The second-order valence-corrected chi connectivity index (χ2v) is 3.16. The van der Waals surface area contributed by atoms with Crippen LogP contribution in [0.25, 0.3) is 0 Å². The third-order valence-corrected chi connectivity index (χ3v) is 1.79. The first-order chi connectivity index (χ1) is 3.80. The molecule has 0 saturated heterocycles. The predicted molar refractivity (Wildman–Crippen MR) is 29.2 cm³/mol. The van der Waals surface area contributed by atoms with E-state index in [1.54, 1.807) is 0 Å². The zero-order valence-corrected chi connectivity index (χ0v) is 5.67. The van der Waals surface area contributed by atoms with Crippen LogP contribution in [0.4, 0.5) is 5.72 Å². The van der Waals surface area contributed by atoms with Crippen LogP contribution in [0.5, 0.6) is 0 Å². The average Bonchev–Trinajstić information content (AvgIpc) is 2.12. The molecule has 0 amide bonds. The van der Waals surface area contributed by atoms with Crippen LogP contribution in [0.3, 0.4) is 0 Å². The van der Waals surface area contributed by atoms with Gasteiger partial charge in [-0.3, -0.25) is 0 Å². The van der Waals surface area contributed by atoms with Crippen molar-refractivity contribution in [2.75, 3.05) is 0 Å². The van der Waals surface area contributed by atoms with Crippen LogP contribution >= 0.6 is 21.0 Å². The summed E-state index contributed by atoms with van der Waals surface area (Å²) in [4.78, 5) is 0. The Labute approximate surface area is 52.0 Å². The molecule has 1 aromatic heterocycles. The molecule has 0 aliphatic rings. The molecular formula is C2HF2IN2O. The molecule has 1 aromatic rings. The summed E-state index contributed by atoms with van der Waals surface area (Å²) in [5.74, 6) is 0. The SMILES string of the molecule is FI(F)c1cnon1. The van der Waals surface area contributed by atoms with Crippen molar-refractivity contribution in [3.05, 3.63) is 9.90 Å². The number of aromatic nitrogens is 2. The van der Waals surface area contributed by atoms with Gasteiger partial charge < -0.3 is 0 Å². The number of halogens is 3. The number of nitrogens with zero attached hydrogens (tertiary/aromatic N) is 2. The second-order valence-electron chi connectivity index (χ2n) is 0.927. The van der Waals surface area contributed by atoms with Crippen molar-refractivity contribution in [1.29, 1.82) is 0 Å².